The minimum Gasteiger partial charge on any atom is -0.389 e. The number of rotatable bonds is 6. The number of benzene rings is 1. The van der Waals surface area contributed by atoms with Crippen molar-refractivity contribution in [2.24, 2.45) is 5.92 Å². The Labute approximate surface area is 148 Å². The summed E-state index contributed by atoms with van der Waals surface area (Å²) in [5, 5.41) is 13.0. The fourth-order valence-electron chi connectivity index (χ4n) is 3.59. The molecule has 2 fully saturated rings. The zero-order chi connectivity index (χ0) is 17.9. The largest absolute Gasteiger partial charge is 0.389 e. The number of ether oxygens (including phenoxy) is 1. The molecule has 3 rings (SSSR count). The Bertz CT molecular complexity index is 611. The number of hydrogen-bond acceptors (Lipinski definition) is 4. The Kier molecular flexibility index (Phi) is 5.39. The molecule has 136 valence electrons. The molecule has 1 saturated heterocycles. The van der Waals surface area contributed by atoms with Crippen molar-refractivity contribution >= 4 is 11.9 Å². The molecule has 1 aromatic carbocycles. The minimum atomic E-state index is -0.893. The summed E-state index contributed by atoms with van der Waals surface area (Å²) in [7, 11) is 0. The van der Waals surface area contributed by atoms with E-state index in [1.807, 2.05) is 30.3 Å². The summed E-state index contributed by atoms with van der Waals surface area (Å²) in [6.45, 7) is 2.60. The van der Waals surface area contributed by atoms with Crippen LogP contribution >= 0.6 is 0 Å². The van der Waals surface area contributed by atoms with E-state index in [-0.39, 0.29) is 19.1 Å². The van der Waals surface area contributed by atoms with Crippen LogP contribution in [-0.4, -0.2) is 46.7 Å². The lowest BCUT2D eigenvalue weighted by molar-refractivity contribution is -0.134. The van der Waals surface area contributed by atoms with Crippen LogP contribution in [0.5, 0.6) is 0 Å². The van der Waals surface area contributed by atoms with Gasteiger partial charge in [-0.2, -0.15) is 0 Å². The van der Waals surface area contributed by atoms with Crippen LogP contribution in [0.4, 0.5) is 4.79 Å². The van der Waals surface area contributed by atoms with E-state index in [9.17, 15) is 14.7 Å². The van der Waals surface area contributed by atoms with Crippen molar-refractivity contribution in [2.75, 3.05) is 13.2 Å². The number of amides is 3. The predicted octanol–water partition coefficient (Wildman–Crippen LogP) is 2.06. The van der Waals surface area contributed by atoms with Crippen molar-refractivity contribution in [1.82, 2.24) is 10.2 Å². The quantitative estimate of drug-likeness (QED) is 0.773. The SMILES string of the molecule is CC1CCC2(CC1)NC(=O)N(C[C@H](O)COCc1ccccc1)C2=O. The number of imide groups is 1. The molecule has 2 aliphatic rings. The number of urea groups is 1. The summed E-state index contributed by atoms with van der Waals surface area (Å²) in [5.41, 5.74) is 0.258. The molecule has 1 heterocycles. The summed E-state index contributed by atoms with van der Waals surface area (Å²) in [6.07, 6.45) is 2.33. The van der Waals surface area contributed by atoms with Crippen LogP contribution in [0.1, 0.15) is 38.2 Å². The first-order valence-corrected chi connectivity index (χ1v) is 8.94. The molecule has 0 radical (unpaired) electrons. The van der Waals surface area contributed by atoms with E-state index in [1.54, 1.807) is 0 Å². The number of hydrogen-bond donors (Lipinski definition) is 2. The number of aliphatic hydroxyl groups excluding tert-OH is 1. The molecule has 3 amide bonds. The van der Waals surface area contributed by atoms with Crippen LogP contribution in [-0.2, 0) is 16.1 Å². The maximum Gasteiger partial charge on any atom is 0.325 e. The highest BCUT2D eigenvalue weighted by Gasteiger charge is 2.52. The molecule has 1 aliphatic heterocycles. The molecule has 6 heteroatoms. The topological polar surface area (TPSA) is 78.9 Å². The van der Waals surface area contributed by atoms with Crippen molar-refractivity contribution in [3.63, 3.8) is 0 Å². The highest BCUT2D eigenvalue weighted by molar-refractivity contribution is 6.07. The first kappa shape index (κ1) is 17.9. The highest BCUT2D eigenvalue weighted by Crippen LogP contribution is 2.36. The molecule has 1 atom stereocenters. The second-order valence-electron chi connectivity index (χ2n) is 7.27. The molecular formula is C19H26N2O4. The zero-order valence-electron chi connectivity index (χ0n) is 14.6. The Morgan fingerprint density at radius 1 is 1.28 bits per heavy atom. The zero-order valence-corrected chi connectivity index (χ0v) is 14.6. The predicted molar refractivity (Wildman–Crippen MR) is 92.7 cm³/mol. The molecule has 25 heavy (non-hydrogen) atoms. The second-order valence-corrected chi connectivity index (χ2v) is 7.27. The Morgan fingerprint density at radius 2 is 1.96 bits per heavy atom. The van der Waals surface area contributed by atoms with Gasteiger partial charge in [-0.1, -0.05) is 37.3 Å². The van der Waals surface area contributed by atoms with E-state index in [2.05, 4.69) is 12.2 Å². The van der Waals surface area contributed by atoms with Gasteiger partial charge in [0.1, 0.15) is 5.54 Å². The van der Waals surface area contributed by atoms with Gasteiger partial charge in [0.15, 0.2) is 0 Å². The standard InChI is InChI=1S/C19H26N2O4/c1-14-7-9-19(10-8-14)17(23)21(18(24)20-19)11-16(22)13-25-12-15-5-3-2-4-6-15/h2-6,14,16,22H,7-13H2,1H3,(H,20,24)/t14?,16-,19?/m0/s1. The van der Waals surface area contributed by atoms with Crippen LogP contribution < -0.4 is 5.32 Å². The summed E-state index contributed by atoms with van der Waals surface area (Å²) in [6, 6.07) is 9.26. The third kappa shape index (κ3) is 4.02. The van der Waals surface area contributed by atoms with Crippen LogP contribution in [0, 0.1) is 5.92 Å². The fraction of sp³-hybridized carbons (Fsp3) is 0.579. The molecule has 1 aliphatic carbocycles. The molecule has 0 unspecified atom stereocenters. The molecule has 1 spiro atoms. The smallest absolute Gasteiger partial charge is 0.325 e. The van der Waals surface area contributed by atoms with E-state index in [0.29, 0.717) is 25.4 Å². The number of β-amino-alcohol motifs (C(OH)–C–C–N with tert-alkyl or cyclic N) is 1. The number of carbonyl (C=O) groups excluding carboxylic acids is 2. The van der Waals surface area contributed by atoms with Gasteiger partial charge >= 0.3 is 6.03 Å². The van der Waals surface area contributed by atoms with Gasteiger partial charge in [0, 0.05) is 0 Å². The first-order chi connectivity index (χ1) is 12.0. The monoisotopic (exact) mass is 346 g/mol. The third-order valence-corrected chi connectivity index (χ3v) is 5.19. The van der Waals surface area contributed by atoms with Crippen molar-refractivity contribution in [3.05, 3.63) is 35.9 Å². The van der Waals surface area contributed by atoms with Crippen molar-refractivity contribution in [2.45, 2.75) is 50.9 Å². The number of nitrogens with zero attached hydrogens (tertiary/aromatic N) is 1. The number of aliphatic hydroxyl groups is 1. The van der Waals surface area contributed by atoms with Crippen LogP contribution in [0.15, 0.2) is 30.3 Å². The normalized spacial score (nSPS) is 27.6. The van der Waals surface area contributed by atoms with E-state index in [1.165, 1.54) is 0 Å². The van der Waals surface area contributed by atoms with Gasteiger partial charge in [0.2, 0.25) is 0 Å². The Hall–Kier alpha value is -1.92. The van der Waals surface area contributed by atoms with Gasteiger partial charge < -0.3 is 15.2 Å². The van der Waals surface area contributed by atoms with E-state index in [4.69, 9.17) is 4.74 Å². The third-order valence-electron chi connectivity index (χ3n) is 5.19. The summed E-state index contributed by atoms with van der Waals surface area (Å²) >= 11 is 0. The van der Waals surface area contributed by atoms with Gasteiger partial charge in [-0.3, -0.25) is 9.69 Å². The molecule has 1 aromatic rings. The van der Waals surface area contributed by atoms with Gasteiger partial charge in [-0.25, -0.2) is 4.79 Å². The van der Waals surface area contributed by atoms with Gasteiger partial charge in [0.25, 0.3) is 5.91 Å². The van der Waals surface area contributed by atoms with E-state index >= 15 is 0 Å². The van der Waals surface area contributed by atoms with Crippen LogP contribution in [0.3, 0.4) is 0 Å². The summed E-state index contributed by atoms with van der Waals surface area (Å²) < 4.78 is 5.49. The second kappa shape index (κ2) is 7.54. The Balaban J connectivity index is 1.50. The lowest BCUT2D eigenvalue weighted by Gasteiger charge is -2.33. The van der Waals surface area contributed by atoms with E-state index in [0.717, 1.165) is 23.3 Å². The van der Waals surface area contributed by atoms with Crippen molar-refractivity contribution in [3.8, 4) is 0 Å². The molecule has 0 bridgehead atoms. The first-order valence-electron chi connectivity index (χ1n) is 8.94. The average Bonchev–Trinajstić information content (AvgIpc) is 2.83. The van der Waals surface area contributed by atoms with Gasteiger partial charge in [-0.05, 0) is 37.2 Å². The molecular weight excluding hydrogens is 320 g/mol. The molecule has 0 aromatic heterocycles. The minimum absolute atomic E-state index is 0.0310. The summed E-state index contributed by atoms with van der Waals surface area (Å²) in [4.78, 5) is 26.1. The highest BCUT2D eigenvalue weighted by atomic mass is 16.5. The van der Waals surface area contributed by atoms with Crippen LogP contribution in [0.25, 0.3) is 0 Å². The number of nitrogens with one attached hydrogen (secondary N) is 1. The Morgan fingerprint density at radius 3 is 2.64 bits per heavy atom. The lowest BCUT2D eigenvalue weighted by Crippen LogP contribution is -2.49. The van der Waals surface area contributed by atoms with E-state index < -0.39 is 17.7 Å². The maximum absolute atomic E-state index is 12.7. The van der Waals surface area contributed by atoms with Gasteiger partial charge in [-0.15, -0.1) is 0 Å². The molecule has 6 nitrogen and oxygen atoms in total. The fourth-order valence-corrected chi connectivity index (χ4v) is 3.59. The maximum atomic E-state index is 12.7. The van der Waals surface area contributed by atoms with Gasteiger partial charge in [0.05, 0.1) is 25.9 Å². The molecule has 1 saturated carbocycles. The number of carbonyl (C=O) groups is 2. The van der Waals surface area contributed by atoms with Crippen molar-refractivity contribution < 1.29 is 19.4 Å². The van der Waals surface area contributed by atoms with Crippen LogP contribution in [0.2, 0.25) is 0 Å². The average molecular weight is 346 g/mol. The van der Waals surface area contributed by atoms with Crippen molar-refractivity contribution in [1.29, 1.82) is 0 Å². The lowest BCUT2D eigenvalue weighted by atomic mass is 9.77. The molecule has 2 N–H and O–H groups in total. The summed E-state index contributed by atoms with van der Waals surface area (Å²) in [5.74, 6) is 0.382.